The minimum absolute atomic E-state index is 0.0150. The Labute approximate surface area is 259 Å². The molecule has 5 aromatic rings. The molecule has 45 heavy (non-hydrogen) atoms. The van der Waals surface area contributed by atoms with Crippen molar-refractivity contribution in [3.8, 4) is 0 Å². The van der Waals surface area contributed by atoms with Crippen LogP contribution in [0.15, 0.2) is 110 Å². The van der Waals surface area contributed by atoms with Gasteiger partial charge in [-0.25, -0.2) is 9.97 Å². The topological polar surface area (TPSA) is 76.1 Å². The molecule has 0 atom stereocenters. The van der Waals surface area contributed by atoms with E-state index in [0.29, 0.717) is 30.8 Å². The molecule has 0 radical (unpaired) electrons. The highest BCUT2D eigenvalue weighted by Crippen LogP contribution is 2.30. The van der Waals surface area contributed by atoms with E-state index in [2.05, 4.69) is 15.0 Å². The standard InChI is InChI=1S/C36H31F3N4O2/c1-25-13-14-27(20-33(44)28-10-7-11-30(21-28)36(37,38)39)18-29(25)22-35(45)43(17-15-31-12-5-6-16-40-31)34-23-32(41-24-42-34)19-26-8-3-2-4-9-26/h2-14,16,18,21,23-24H,15,17,19-20,22H2,1H3. The Balaban J connectivity index is 1.37. The molecule has 3 aromatic carbocycles. The summed E-state index contributed by atoms with van der Waals surface area (Å²) >= 11 is 0. The van der Waals surface area contributed by atoms with Crippen LogP contribution in [0.4, 0.5) is 19.0 Å². The zero-order chi connectivity index (χ0) is 31.8. The Morgan fingerprint density at radius 2 is 1.56 bits per heavy atom. The summed E-state index contributed by atoms with van der Waals surface area (Å²) in [5, 5.41) is 0. The lowest BCUT2D eigenvalue weighted by molar-refractivity contribution is -0.137. The third-order valence-electron chi connectivity index (χ3n) is 7.46. The van der Waals surface area contributed by atoms with E-state index in [1.165, 1.54) is 18.5 Å². The van der Waals surface area contributed by atoms with Crippen LogP contribution < -0.4 is 4.90 Å². The number of nitrogens with zero attached hydrogens (tertiary/aromatic N) is 4. The van der Waals surface area contributed by atoms with Crippen LogP contribution in [0.5, 0.6) is 0 Å². The lowest BCUT2D eigenvalue weighted by atomic mass is 9.96. The Morgan fingerprint density at radius 3 is 2.31 bits per heavy atom. The molecule has 0 aliphatic carbocycles. The second-order valence-corrected chi connectivity index (χ2v) is 10.8. The van der Waals surface area contributed by atoms with E-state index in [1.54, 1.807) is 23.2 Å². The first-order valence-corrected chi connectivity index (χ1v) is 14.5. The Bertz CT molecular complexity index is 1780. The molecule has 0 aliphatic rings. The lowest BCUT2D eigenvalue weighted by Gasteiger charge is -2.23. The number of carbonyl (C=O) groups is 2. The zero-order valence-corrected chi connectivity index (χ0v) is 24.7. The van der Waals surface area contributed by atoms with Crippen LogP contribution in [0.3, 0.4) is 0 Å². The lowest BCUT2D eigenvalue weighted by Crippen LogP contribution is -2.35. The van der Waals surface area contributed by atoms with Crippen molar-refractivity contribution >= 4 is 17.5 Å². The maximum atomic E-state index is 13.9. The maximum absolute atomic E-state index is 13.9. The quantitative estimate of drug-likeness (QED) is 0.151. The summed E-state index contributed by atoms with van der Waals surface area (Å²) in [6, 6.07) is 27.1. The SMILES string of the molecule is Cc1ccc(CC(=O)c2cccc(C(F)(F)F)c2)cc1CC(=O)N(CCc1ccccn1)c1cc(Cc2ccccc2)ncn1. The predicted molar refractivity (Wildman–Crippen MR) is 166 cm³/mol. The Kier molecular flexibility index (Phi) is 9.77. The third kappa shape index (κ3) is 8.47. The van der Waals surface area contributed by atoms with Gasteiger partial charge in [0.1, 0.15) is 12.1 Å². The van der Waals surface area contributed by atoms with Gasteiger partial charge >= 0.3 is 6.18 Å². The van der Waals surface area contributed by atoms with Crippen molar-refractivity contribution in [2.75, 3.05) is 11.4 Å². The summed E-state index contributed by atoms with van der Waals surface area (Å²) in [7, 11) is 0. The number of rotatable bonds is 11. The van der Waals surface area contributed by atoms with Crippen LogP contribution in [-0.2, 0) is 36.7 Å². The smallest absolute Gasteiger partial charge is 0.296 e. The molecule has 0 N–H and O–H groups in total. The van der Waals surface area contributed by atoms with Crippen molar-refractivity contribution < 1.29 is 22.8 Å². The number of halogens is 3. The second kappa shape index (κ2) is 14.1. The van der Waals surface area contributed by atoms with Gasteiger partial charge < -0.3 is 0 Å². The number of anilines is 1. The predicted octanol–water partition coefficient (Wildman–Crippen LogP) is 7.03. The fraction of sp³-hybridized carbons (Fsp3) is 0.194. The van der Waals surface area contributed by atoms with Crippen LogP contribution in [-0.4, -0.2) is 33.2 Å². The number of ketones is 1. The second-order valence-electron chi connectivity index (χ2n) is 10.8. The van der Waals surface area contributed by atoms with Crippen LogP contribution in [0.25, 0.3) is 0 Å². The van der Waals surface area contributed by atoms with Crippen LogP contribution >= 0.6 is 0 Å². The number of Topliss-reactive ketones (excluding diaryl/α,β-unsaturated/α-hetero) is 1. The maximum Gasteiger partial charge on any atom is 0.416 e. The number of benzene rings is 3. The molecular weight excluding hydrogens is 577 g/mol. The number of hydrogen-bond donors (Lipinski definition) is 0. The number of hydrogen-bond acceptors (Lipinski definition) is 5. The molecule has 0 spiro atoms. The Morgan fingerprint density at radius 1 is 0.756 bits per heavy atom. The molecule has 0 saturated heterocycles. The van der Waals surface area contributed by atoms with Crippen molar-refractivity contribution in [1.82, 2.24) is 15.0 Å². The van der Waals surface area contributed by atoms with Gasteiger partial charge in [-0.05, 0) is 53.4 Å². The molecule has 9 heteroatoms. The van der Waals surface area contributed by atoms with Gasteiger partial charge in [-0.2, -0.15) is 13.2 Å². The van der Waals surface area contributed by atoms with E-state index >= 15 is 0 Å². The third-order valence-corrected chi connectivity index (χ3v) is 7.46. The molecule has 2 heterocycles. The molecule has 6 nitrogen and oxygen atoms in total. The molecule has 228 valence electrons. The highest BCUT2D eigenvalue weighted by molar-refractivity contribution is 5.98. The largest absolute Gasteiger partial charge is 0.416 e. The molecule has 0 unspecified atom stereocenters. The Hall–Kier alpha value is -5.18. The normalized spacial score (nSPS) is 11.3. The van der Waals surface area contributed by atoms with Gasteiger partial charge in [0.25, 0.3) is 0 Å². The molecule has 0 aliphatic heterocycles. The molecule has 0 bridgehead atoms. The minimum Gasteiger partial charge on any atom is -0.296 e. The number of aryl methyl sites for hydroxylation is 1. The molecule has 2 aromatic heterocycles. The summed E-state index contributed by atoms with van der Waals surface area (Å²) in [5.74, 6) is -0.156. The van der Waals surface area contributed by atoms with Crippen LogP contribution in [0.2, 0.25) is 0 Å². The number of alkyl halides is 3. The molecule has 0 fully saturated rings. The zero-order valence-electron chi connectivity index (χ0n) is 24.7. The summed E-state index contributed by atoms with van der Waals surface area (Å²) in [4.78, 5) is 41.7. The van der Waals surface area contributed by atoms with Gasteiger partial charge in [-0.3, -0.25) is 19.5 Å². The van der Waals surface area contributed by atoms with Gasteiger partial charge in [0.2, 0.25) is 5.91 Å². The van der Waals surface area contributed by atoms with E-state index in [0.717, 1.165) is 40.2 Å². The van der Waals surface area contributed by atoms with Crippen molar-refractivity contribution in [3.05, 3.63) is 154 Å². The van der Waals surface area contributed by atoms with E-state index in [-0.39, 0.29) is 24.3 Å². The summed E-state index contributed by atoms with van der Waals surface area (Å²) in [6.07, 6.45) is -0.338. The van der Waals surface area contributed by atoms with Gasteiger partial charge in [0, 0.05) is 49.3 Å². The van der Waals surface area contributed by atoms with E-state index < -0.39 is 17.5 Å². The number of amides is 1. The van der Waals surface area contributed by atoms with E-state index in [1.807, 2.05) is 67.6 Å². The first-order valence-electron chi connectivity index (χ1n) is 14.5. The van der Waals surface area contributed by atoms with E-state index in [4.69, 9.17) is 0 Å². The molecular formula is C36H31F3N4O2. The van der Waals surface area contributed by atoms with Gasteiger partial charge in [0.15, 0.2) is 5.78 Å². The first-order chi connectivity index (χ1) is 21.7. The highest BCUT2D eigenvalue weighted by atomic mass is 19.4. The fourth-order valence-electron chi connectivity index (χ4n) is 5.01. The summed E-state index contributed by atoms with van der Waals surface area (Å²) in [6.45, 7) is 2.21. The first kappa shape index (κ1) is 31.3. The molecule has 0 saturated carbocycles. The van der Waals surface area contributed by atoms with Crippen molar-refractivity contribution in [3.63, 3.8) is 0 Å². The van der Waals surface area contributed by atoms with Crippen molar-refractivity contribution in [2.45, 2.75) is 38.8 Å². The van der Waals surface area contributed by atoms with E-state index in [9.17, 15) is 22.8 Å². The number of carbonyl (C=O) groups excluding carboxylic acids is 2. The number of pyridine rings is 1. The van der Waals surface area contributed by atoms with Crippen molar-refractivity contribution in [1.29, 1.82) is 0 Å². The highest BCUT2D eigenvalue weighted by Gasteiger charge is 2.31. The van der Waals surface area contributed by atoms with Crippen molar-refractivity contribution in [2.24, 2.45) is 0 Å². The average molecular weight is 609 g/mol. The molecule has 5 rings (SSSR count). The van der Waals surface area contributed by atoms with Gasteiger partial charge in [-0.1, -0.05) is 66.7 Å². The fourth-order valence-corrected chi connectivity index (χ4v) is 5.01. The molecule has 1 amide bonds. The van der Waals surface area contributed by atoms with Gasteiger partial charge in [-0.15, -0.1) is 0 Å². The summed E-state index contributed by atoms with van der Waals surface area (Å²) in [5.41, 5.74) is 3.99. The van der Waals surface area contributed by atoms with Crippen LogP contribution in [0, 0.1) is 6.92 Å². The monoisotopic (exact) mass is 608 g/mol. The summed E-state index contributed by atoms with van der Waals surface area (Å²) < 4.78 is 39.5. The average Bonchev–Trinajstić information content (AvgIpc) is 3.03. The van der Waals surface area contributed by atoms with Gasteiger partial charge in [0.05, 0.1) is 17.7 Å². The minimum atomic E-state index is -4.54. The van der Waals surface area contributed by atoms with Crippen LogP contribution in [0.1, 0.15) is 49.6 Å². The number of aromatic nitrogens is 3.